The molecule has 8 nitrogen and oxygen atoms in total. The molecule has 21 heavy (non-hydrogen) atoms. The van der Waals surface area contributed by atoms with Gasteiger partial charge in [0.15, 0.2) is 5.16 Å². The highest BCUT2D eigenvalue weighted by molar-refractivity contribution is 7.98. The predicted octanol–water partition coefficient (Wildman–Crippen LogP) is 2.12. The third-order valence-electron chi connectivity index (χ3n) is 2.71. The van der Waals surface area contributed by atoms with Crippen molar-refractivity contribution in [2.45, 2.75) is 11.0 Å². The first kappa shape index (κ1) is 13.3. The van der Waals surface area contributed by atoms with Crippen molar-refractivity contribution in [2.75, 3.05) is 0 Å². The Morgan fingerprint density at radius 2 is 2.10 bits per heavy atom. The van der Waals surface area contributed by atoms with Crippen LogP contribution >= 0.6 is 11.8 Å². The number of hydrogen-bond acceptors (Lipinski definition) is 6. The van der Waals surface area contributed by atoms with Crippen molar-refractivity contribution in [1.82, 2.24) is 24.5 Å². The zero-order valence-corrected chi connectivity index (χ0v) is 11.6. The lowest BCUT2D eigenvalue weighted by Gasteiger charge is -2.05. The summed E-state index contributed by atoms with van der Waals surface area (Å²) in [7, 11) is 0. The molecule has 0 aliphatic rings. The van der Waals surface area contributed by atoms with Crippen LogP contribution in [-0.2, 0) is 5.88 Å². The molecule has 0 saturated heterocycles. The highest BCUT2D eigenvalue weighted by Gasteiger charge is 2.11. The van der Waals surface area contributed by atoms with E-state index in [-0.39, 0.29) is 5.69 Å². The predicted molar refractivity (Wildman–Crippen MR) is 76.1 cm³/mol. The normalized spacial score (nSPS) is 10.7. The first-order chi connectivity index (χ1) is 10.2. The first-order valence-corrected chi connectivity index (χ1v) is 6.98. The standard InChI is InChI=1S/C12H10N6O2S/c19-18(20)11-6-14-16(7-11)9-21-12-15-13-8-17(12)10-4-2-1-3-5-10/h1-8H,9H2. The second-order valence-corrected chi connectivity index (χ2v) is 5.00. The zero-order valence-electron chi connectivity index (χ0n) is 10.7. The van der Waals surface area contributed by atoms with E-state index < -0.39 is 4.92 Å². The summed E-state index contributed by atoms with van der Waals surface area (Å²) in [6.45, 7) is 0. The Labute approximate surface area is 123 Å². The molecule has 2 heterocycles. The number of nitrogens with zero attached hydrogens (tertiary/aromatic N) is 6. The first-order valence-electron chi connectivity index (χ1n) is 5.99. The Bertz CT molecular complexity index is 754. The molecule has 2 aromatic heterocycles. The molecule has 0 aliphatic carbocycles. The summed E-state index contributed by atoms with van der Waals surface area (Å²) in [6, 6.07) is 9.70. The summed E-state index contributed by atoms with van der Waals surface area (Å²) in [5, 5.41) is 23.2. The molecule has 3 rings (SSSR count). The van der Waals surface area contributed by atoms with Gasteiger partial charge in [-0.1, -0.05) is 30.0 Å². The molecular formula is C12H10N6O2S. The fourth-order valence-corrected chi connectivity index (χ4v) is 2.52. The maximum Gasteiger partial charge on any atom is 0.307 e. The van der Waals surface area contributed by atoms with E-state index in [2.05, 4.69) is 15.3 Å². The van der Waals surface area contributed by atoms with Crippen LogP contribution in [0.1, 0.15) is 0 Å². The maximum absolute atomic E-state index is 10.6. The summed E-state index contributed by atoms with van der Waals surface area (Å²) in [4.78, 5) is 10.1. The van der Waals surface area contributed by atoms with Crippen LogP contribution in [0.4, 0.5) is 5.69 Å². The number of benzene rings is 1. The minimum absolute atomic E-state index is 0.0277. The molecule has 0 N–H and O–H groups in total. The highest BCUT2D eigenvalue weighted by Crippen LogP contribution is 2.21. The molecule has 0 amide bonds. The lowest BCUT2D eigenvalue weighted by atomic mass is 10.3. The van der Waals surface area contributed by atoms with Gasteiger partial charge in [-0.3, -0.25) is 19.4 Å². The van der Waals surface area contributed by atoms with Crippen molar-refractivity contribution in [3.8, 4) is 5.69 Å². The fourth-order valence-electron chi connectivity index (χ4n) is 1.73. The molecule has 3 aromatic rings. The van der Waals surface area contributed by atoms with Crippen molar-refractivity contribution in [2.24, 2.45) is 0 Å². The van der Waals surface area contributed by atoms with Gasteiger partial charge in [0.25, 0.3) is 0 Å². The highest BCUT2D eigenvalue weighted by atomic mass is 32.2. The molecule has 0 atom stereocenters. The second-order valence-electron chi connectivity index (χ2n) is 4.09. The molecule has 0 unspecified atom stereocenters. The van der Waals surface area contributed by atoms with Crippen molar-refractivity contribution < 1.29 is 4.92 Å². The number of para-hydroxylation sites is 1. The minimum Gasteiger partial charge on any atom is -0.277 e. The van der Waals surface area contributed by atoms with Gasteiger partial charge in [0.2, 0.25) is 0 Å². The van der Waals surface area contributed by atoms with Gasteiger partial charge in [0.1, 0.15) is 18.7 Å². The van der Waals surface area contributed by atoms with E-state index in [4.69, 9.17) is 0 Å². The van der Waals surface area contributed by atoms with Crippen LogP contribution in [0.25, 0.3) is 5.69 Å². The summed E-state index contributed by atoms with van der Waals surface area (Å²) in [6.07, 6.45) is 4.24. The topological polar surface area (TPSA) is 91.7 Å². The number of rotatable bonds is 5. The molecular weight excluding hydrogens is 292 g/mol. The van der Waals surface area contributed by atoms with E-state index in [0.29, 0.717) is 11.0 Å². The molecule has 0 fully saturated rings. The monoisotopic (exact) mass is 302 g/mol. The average molecular weight is 302 g/mol. The van der Waals surface area contributed by atoms with Gasteiger partial charge >= 0.3 is 5.69 Å². The second kappa shape index (κ2) is 5.75. The van der Waals surface area contributed by atoms with E-state index in [9.17, 15) is 10.1 Å². The van der Waals surface area contributed by atoms with Crippen LogP contribution in [0, 0.1) is 10.1 Å². The van der Waals surface area contributed by atoms with Gasteiger partial charge in [-0.25, -0.2) is 0 Å². The van der Waals surface area contributed by atoms with Gasteiger partial charge in [-0.2, -0.15) is 5.10 Å². The lowest BCUT2D eigenvalue weighted by molar-refractivity contribution is -0.385. The zero-order chi connectivity index (χ0) is 14.7. The Morgan fingerprint density at radius 1 is 1.29 bits per heavy atom. The van der Waals surface area contributed by atoms with Gasteiger partial charge in [0.05, 0.1) is 10.8 Å². The quantitative estimate of drug-likeness (QED) is 0.407. The van der Waals surface area contributed by atoms with Crippen molar-refractivity contribution in [3.05, 3.63) is 59.2 Å². The molecule has 0 aliphatic heterocycles. The van der Waals surface area contributed by atoms with Crippen molar-refractivity contribution in [3.63, 3.8) is 0 Å². The number of nitro groups is 1. The SMILES string of the molecule is O=[N+]([O-])c1cnn(CSc2nncn2-c2ccccc2)c1. The minimum atomic E-state index is -0.472. The van der Waals surface area contributed by atoms with Crippen LogP contribution < -0.4 is 0 Å². The van der Waals surface area contributed by atoms with Gasteiger partial charge in [-0.05, 0) is 12.1 Å². The molecule has 9 heteroatoms. The fraction of sp³-hybridized carbons (Fsp3) is 0.0833. The average Bonchev–Trinajstić information content (AvgIpc) is 3.15. The Hall–Kier alpha value is -2.68. The van der Waals surface area contributed by atoms with E-state index in [1.807, 2.05) is 34.9 Å². The van der Waals surface area contributed by atoms with Crippen LogP contribution in [0.2, 0.25) is 0 Å². The Balaban J connectivity index is 1.74. The largest absolute Gasteiger partial charge is 0.307 e. The van der Waals surface area contributed by atoms with Gasteiger partial charge < -0.3 is 0 Å². The molecule has 0 saturated carbocycles. The lowest BCUT2D eigenvalue weighted by Crippen LogP contribution is -1.98. The van der Waals surface area contributed by atoms with E-state index in [1.165, 1.54) is 28.8 Å². The molecule has 0 spiro atoms. The molecule has 0 bridgehead atoms. The third kappa shape index (κ3) is 2.92. The van der Waals surface area contributed by atoms with Crippen LogP contribution in [0.3, 0.4) is 0 Å². The molecule has 0 radical (unpaired) electrons. The summed E-state index contributed by atoms with van der Waals surface area (Å²) in [5.74, 6) is 0.416. The number of hydrogen-bond donors (Lipinski definition) is 0. The van der Waals surface area contributed by atoms with Gasteiger partial charge in [-0.15, -0.1) is 10.2 Å². The summed E-state index contributed by atoms with van der Waals surface area (Å²) in [5.41, 5.74) is 0.927. The van der Waals surface area contributed by atoms with Crippen LogP contribution in [0.5, 0.6) is 0 Å². The number of thioether (sulfide) groups is 1. The third-order valence-corrected chi connectivity index (χ3v) is 3.64. The van der Waals surface area contributed by atoms with Crippen LogP contribution in [0.15, 0.2) is 54.2 Å². The van der Waals surface area contributed by atoms with Crippen molar-refractivity contribution in [1.29, 1.82) is 0 Å². The summed E-state index contributed by atoms with van der Waals surface area (Å²) >= 11 is 1.39. The maximum atomic E-state index is 10.6. The Kier molecular flexibility index (Phi) is 3.65. The van der Waals surface area contributed by atoms with E-state index in [1.54, 1.807) is 6.33 Å². The van der Waals surface area contributed by atoms with E-state index >= 15 is 0 Å². The van der Waals surface area contributed by atoms with Gasteiger partial charge in [0, 0.05) is 5.69 Å². The number of aromatic nitrogens is 5. The molecule has 1 aromatic carbocycles. The molecule has 106 valence electrons. The summed E-state index contributed by atoms with van der Waals surface area (Å²) < 4.78 is 3.34. The van der Waals surface area contributed by atoms with Crippen molar-refractivity contribution >= 4 is 17.4 Å². The van der Waals surface area contributed by atoms with Crippen LogP contribution in [-0.4, -0.2) is 29.5 Å². The smallest absolute Gasteiger partial charge is 0.277 e. The Morgan fingerprint density at radius 3 is 2.81 bits per heavy atom. The van der Waals surface area contributed by atoms with E-state index in [0.717, 1.165) is 5.69 Å².